The molecule has 41 heavy (non-hydrogen) atoms. The van der Waals surface area contributed by atoms with Crippen LogP contribution in [0, 0.1) is 25.1 Å². The number of aromatic nitrogens is 2. The molecule has 0 unspecified atom stereocenters. The van der Waals surface area contributed by atoms with E-state index in [1.165, 1.54) is 6.07 Å². The predicted octanol–water partition coefficient (Wildman–Crippen LogP) is 6.80. The third-order valence-corrected chi connectivity index (χ3v) is 7.69. The Morgan fingerprint density at radius 3 is 2.46 bits per heavy atom. The van der Waals surface area contributed by atoms with Gasteiger partial charge in [-0.2, -0.15) is 0 Å². The first-order valence-electron chi connectivity index (χ1n) is 13.4. The zero-order valence-corrected chi connectivity index (χ0v) is 24.8. The first-order valence-corrected chi connectivity index (χ1v) is 13.9. The number of hydrogen-bond acceptors (Lipinski definition) is 4. The van der Waals surface area contributed by atoms with Gasteiger partial charge in [0, 0.05) is 34.8 Å². The Bertz CT molecular complexity index is 1610. The maximum absolute atomic E-state index is 14.9. The molecule has 9 heteroatoms. The predicted molar refractivity (Wildman–Crippen MR) is 164 cm³/mol. The Hall–Kier alpha value is -4.24. The minimum atomic E-state index is -0.564. The van der Waals surface area contributed by atoms with Crippen molar-refractivity contribution in [2.75, 3.05) is 17.3 Å². The molecule has 2 aromatic heterocycles. The van der Waals surface area contributed by atoms with E-state index in [1.54, 1.807) is 25.4 Å². The van der Waals surface area contributed by atoms with E-state index in [0.29, 0.717) is 22.2 Å². The van der Waals surface area contributed by atoms with Crippen molar-refractivity contribution in [3.8, 4) is 11.4 Å². The number of halogens is 1. The zero-order chi connectivity index (χ0) is 29.5. The highest BCUT2D eigenvalue weighted by Gasteiger charge is 2.42. The maximum atomic E-state index is 14.9. The van der Waals surface area contributed by atoms with E-state index in [2.05, 4.69) is 21.7 Å². The SMILES string of the molecule is COc1cc(N2C(=S)N[C@H](c3ccccn3)[C@H]2c2cc(C)n(-c3ccccc3F)c2C)ccc1NC(=O)C(C)(C)C. The van der Waals surface area contributed by atoms with Crippen molar-refractivity contribution in [1.29, 1.82) is 0 Å². The van der Waals surface area contributed by atoms with Crippen molar-refractivity contribution in [2.24, 2.45) is 5.41 Å². The van der Waals surface area contributed by atoms with Crippen LogP contribution in [-0.4, -0.2) is 27.7 Å². The number of hydrogen-bond donors (Lipinski definition) is 2. The maximum Gasteiger partial charge on any atom is 0.229 e. The molecule has 1 amide bonds. The van der Waals surface area contributed by atoms with Gasteiger partial charge in [-0.15, -0.1) is 0 Å². The van der Waals surface area contributed by atoms with Crippen molar-refractivity contribution in [3.63, 3.8) is 0 Å². The molecule has 0 radical (unpaired) electrons. The first kappa shape index (κ1) is 28.3. The molecule has 3 heterocycles. The number of thiocarbonyl (C=S) groups is 1. The van der Waals surface area contributed by atoms with Crippen LogP contribution in [0.4, 0.5) is 15.8 Å². The van der Waals surface area contributed by atoms with Crippen LogP contribution in [-0.2, 0) is 4.79 Å². The summed E-state index contributed by atoms with van der Waals surface area (Å²) in [4.78, 5) is 19.4. The summed E-state index contributed by atoms with van der Waals surface area (Å²) in [7, 11) is 1.57. The number of aryl methyl sites for hydroxylation is 1. The van der Waals surface area contributed by atoms with Gasteiger partial charge in [0.2, 0.25) is 5.91 Å². The lowest BCUT2D eigenvalue weighted by atomic mass is 9.95. The molecule has 5 rings (SSSR count). The highest BCUT2D eigenvalue weighted by Crippen LogP contribution is 2.45. The van der Waals surface area contributed by atoms with E-state index in [0.717, 1.165) is 28.3 Å². The summed E-state index contributed by atoms with van der Waals surface area (Å²) in [6.07, 6.45) is 1.76. The minimum Gasteiger partial charge on any atom is -0.494 e. The van der Waals surface area contributed by atoms with E-state index in [1.807, 2.05) is 86.6 Å². The Labute approximate surface area is 245 Å². The topological polar surface area (TPSA) is 71.4 Å². The van der Waals surface area contributed by atoms with Crippen LogP contribution in [0.25, 0.3) is 5.69 Å². The Balaban J connectivity index is 1.64. The number of carbonyl (C=O) groups is 1. The molecule has 1 aliphatic heterocycles. The van der Waals surface area contributed by atoms with Crippen LogP contribution in [0.1, 0.15) is 55.5 Å². The standard InChI is InChI=1S/C32H34FN5O2S/c1-19-17-22(20(2)37(19)26-13-8-7-11-23(26)33)29-28(25-12-9-10-16-34-25)36-31(41)38(29)21-14-15-24(27(18-21)40-6)35-30(39)32(3,4)5/h7-18,28-29H,1-6H3,(H,35,39)(H,36,41)/t28-,29-/m1/s1. The highest BCUT2D eigenvalue weighted by atomic mass is 32.1. The normalized spacial score (nSPS) is 17.0. The van der Waals surface area contributed by atoms with Gasteiger partial charge in [-0.05, 0) is 74.1 Å². The molecule has 2 N–H and O–H groups in total. The molecule has 0 bridgehead atoms. The molecular formula is C32H34FN5O2S. The average molecular weight is 572 g/mol. The van der Waals surface area contributed by atoms with Gasteiger partial charge in [0.1, 0.15) is 11.6 Å². The number of benzene rings is 2. The zero-order valence-electron chi connectivity index (χ0n) is 24.0. The second-order valence-corrected chi connectivity index (χ2v) is 11.6. The van der Waals surface area contributed by atoms with Crippen LogP contribution in [0.2, 0.25) is 0 Å². The lowest BCUT2D eigenvalue weighted by Crippen LogP contribution is -2.30. The molecular weight excluding hydrogens is 537 g/mol. The second kappa shape index (κ2) is 11.0. The number of ether oxygens (including phenoxy) is 1. The van der Waals surface area contributed by atoms with Gasteiger partial charge < -0.3 is 24.8 Å². The molecule has 0 saturated carbocycles. The van der Waals surface area contributed by atoms with Crippen molar-refractivity contribution >= 4 is 34.6 Å². The molecule has 2 atom stereocenters. The summed E-state index contributed by atoms with van der Waals surface area (Å²) in [5, 5.41) is 6.97. The first-order chi connectivity index (χ1) is 19.5. The van der Waals surface area contributed by atoms with Gasteiger partial charge in [0.15, 0.2) is 5.11 Å². The quantitative estimate of drug-likeness (QED) is 0.248. The molecule has 7 nitrogen and oxygen atoms in total. The number of para-hydroxylation sites is 1. The lowest BCUT2D eigenvalue weighted by Gasteiger charge is -2.29. The second-order valence-electron chi connectivity index (χ2n) is 11.2. The van der Waals surface area contributed by atoms with Gasteiger partial charge in [-0.3, -0.25) is 9.78 Å². The van der Waals surface area contributed by atoms with Gasteiger partial charge in [-0.1, -0.05) is 39.0 Å². The number of nitrogens with one attached hydrogen (secondary N) is 2. The van der Waals surface area contributed by atoms with E-state index >= 15 is 0 Å². The summed E-state index contributed by atoms with van der Waals surface area (Å²) >= 11 is 5.91. The molecule has 0 spiro atoms. The molecule has 1 fully saturated rings. The molecule has 1 aliphatic rings. The summed E-state index contributed by atoms with van der Waals surface area (Å²) in [6, 6.07) is 19.7. The van der Waals surface area contributed by atoms with E-state index in [4.69, 9.17) is 17.0 Å². The summed E-state index contributed by atoms with van der Waals surface area (Å²) in [5.41, 5.74) is 4.90. The largest absolute Gasteiger partial charge is 0.494 e. The van der Waals surface area contributed by atoms with Crippen LogP contribution >= 0.6 is 12.2 Å². The number of methoxy groups -OCH3 is 1. The number of anilines is 2. The fraction of sp³-hybridized carbons (Fsp3) is 0.281. The number of carbonyl (C=O) groups excluding carboxylic acids is 1. The molecule has 0 aliphatic carbocycles. The highest BCUT2D eigenvalue weighted by molar-refractivity contribution is 7.80. The number of pyridine rings is 1. The molecule has 1 saturated heterocycles. The van der Waals surface area contributed by atoms with Gasteiger partial charge in [0.05, 0.1) is 36.3 Å². The van der Waals surface area contributed by atoms with Crippen molar-refractivity contribution in [1.82, 2.24) is 14.9 Å². The molecule has 212 valence electrons. The monoisotopic (exact) mass is 571 g/mol. The van der Waals surface area contributed by atoms with Crippen LogP contribution in [0.15, 0.2) is 72.9 Å². The Kier molecular flexibility index (Phi) is 7.57. The van der Waals surface area contributed by atoms with Crippen LogP contribution in [0.3, 0.4) is 0 Å². The fourth-order valence-corrected chi connectivity index (χ4v) is 5.63. The third-order valence-electron chi connectivity index (χ3n) is 7.37. The Morgan fingerprint density at radius 2 is 1.80 bits per heavy atom. The van der Waals surface area contributed by atoms with Crippen molar-refractivity contribution < 1.29 is 13.9 Å². The molecule has 2 aromatic carbocycles. The molecule has 4 aromatic rings. The van der Waals surface area contributed by atoms with Crippen LogP contribution < -0.4 is 20.3 Å². The van der Waals surface area contributed by atoms with E-state index in [9.17, 15) is 9.18 Å². The van der Waals surface area contributed by atoms with Gasteiger partial charge in [0.25, 0.3) is 0 Å². The summed E-state index contributed by atoms with van der Waals surface area (Å²) < 4.78 is 22.6. The number of amides is 1. The lowest BCUT2D eigenvalue weighted by molar-refractivity contribution is -0.123. The van der Waals surface area contributed by atoms with Gasteiger partial charge in [-0.25, -0.2) is 4.39 Å². The summed E-state index contributed by atoms with van der Waals surface area (Å²) in [5.74, 6) is 0.104. The Morgan fingerprint density at radius 1 is 1.07 bits per heavy atom. The van der Waals surface area contributed by atoms with E-state index < -0.39 is 5.41 Å². The average Bonchev–Trinajstić information content (AvgIpc) is 3.44. The minimum absolute atomic E-state index is 0.115. The smallest absolute Gasteiger partial charge is 0.229 e. The van der Waals surface area contributed by atoms with Crippen LogP contribution in [0.5, 0.6) is 5.75 Å². The van der Waals surface area contributed by atoms with Crippen molar-refractivity contribution in [2.45, 2.75) is 46.7 Å². The number of rotatable bonds is 6. The summed E-state index contributed by atoms with van der Waals surface area (Å²) in [6.45, 7) is 9.54. The third kappa shape index (κ3) is 5.29. The van der Waals surface area contributed by atoms with E-state index in [-0.39, 0.29) is 23.8 Å². The number of nitrogens with zero attached hydrogens (tertiary/aromatic N) is 3. The van der Waals surface area contributed by atoms with Crippen molar-refractivity contribution in [3.05, 3.63) is 101 Å². The fourth-order valence-electron chi connectivity index (χ4n) is 5.28. The van der Waals surface area contributed by atoms with Gasteiger partial charge >= 0.3 is 0 Å².